The van der Waals surface area contributed by atoms with Gasteiger partial charge in [-0.25, -0.2) is 4.98 Å². The molecule has 2 N–H and O–H groups in total. The van der Waals surface area contributed by atoms with Crippen molar-refractivity contribution in [2.24, 2.45) is 11.7 Å². The summed E-state index contributed by atoms with van der Waals surface area (Å²) in [6.07, 6.45) is 4.68. The van der Waals surface area contributed by atoms with Gasteiger partial charge in [-0.2, -0.15) is 0 Å². The second kappa shape index (κ2) is 5.38. The summed E-state index contributed by atoms with van der Waals surface area (Å²) < 4.78 is 12.7. The van der Waals surface area contributed by atoms with Crippen LogP contribution in [0.3, 0.4) is 0 Å². The van der Waals surface area contributed by atoms with Gasteiger partial charge in [0.25, 0.3) is 0 Å². The Balaban J connectivity index is 1.83. The van der Waals surface area contributed by atoms with E-state index < -0.39 is 0 Å². The quantitative estimate of drug-likeness (QED) is 0.917. The first kappa shape index (κ1) is 13.3. The van der Waals surface area contributed by atoms with E-state index in [0.29, 0.717) is 12.5 Å². The zero-order valence-corrected chi connectivity index (χ0v) is 11.9. The van der Waals surface area contributed by atoms with E-state index in [1.54, 1.807) is 0 Å². The van der Waals surface area contributed by atoms with E-state index in [2.05, 4.69) is 14.7 Å². The van der Waals surface area contributed by atoms with Gasteiger partial charge in [0.05, 0.1) is 36.9 Å². The molecule has 0 amide bonds. The summed E-state index contributed by atoms with van der Waals surface area (Å²) in [7, 11) is 0. The van der Waals surface area contributed by atoms with E-state index in [1.165, 1.54) is 0 Å². The summed E-state index contributed by atoms with van der Waals surface area (Å²) in [5.41, 5.74) is 9.43. The summed E-state index contributed by atoms with van der Waals surface area (Å²) in [6.45, 7) is 6.11. The molecule has 2 unspecified atom stereocenters. The molecular formula is C14H20N4O2. The molecule has 1 aliphatic heterocycles. The van der Waals surface area contributed by atoms with Gasteiger partial charge in [-0.3, -0.25) is 0 Å². The van der Waals surface area contributed by atoms with Crippen LogP contribution in [0.1, 0.15) is 35.2 Å². The van der Waals surface area contributed by atoms with Gasteiger partial charge in [0.1, 0.15) is 5.76 Å². The second-order valence-electron chi connectivity index (χ2n) is 5.40. The largest absolute Gasteiger partial charge is 0.381 e. The van der Waals surface area contributed by atoms with Crippen molar-refractivity contribution in [3.8, 4) is 0 Å². The smallest absolute Gasteiger partial charge is 0.138 e. The molecule has 1 saturated heterocycles. The molecule has 1 fully saturated rings. The van der Waals surface area contributed by atoms with Gasteiger partial charge in [0.15, 0.2) is 0 Å². The number of ether oxygens (including phenoxy) is 1. The van der Waals surface area contributed by atoms with Gasteiger partial charge < -0.3 is 19.6 Å². The molecule has 3 rings (SSSR count). The van der Waals surface area contributed by atoms with Gasteiger partial charge in [-0.05, 0) is 20.3 Å². The molecule has 6 heteroatoms. The molecule has 108 valence electrons. The molecule has 20 heavy (non-hydrogen) atoms. The summed E-state index contributed by atoms with van der Waals surface area (Å²) >= 11 is 0. The summed E-state index contributed by atoms with van der Waals surface area (Å²) in [5, 5.41) is 3.99. The Labute approximate surface area is 117 Å². The van der Waals surface area contributed by atoms with Crippen molar-refractivity contribution in [3.05, 3.63) is 35.2 Å². The Morgan fingerprint density at radius 3 is 3.00 bits per heavy atom. The topological polar surface area (TPSA) is 79.1 Å². The number of hydrogen-bond acceptors (Lipinski definition) is 5. The minimum absolute atomic E-state index is 0.0412. The molecule has 0 radical (unpaired) electrons. The van der Waals surface area contributed by atoms with Crippen LogP contribution in [0.4, 0.5) is 0 Å². The van der Waals surface area contributed by atoms with E-state index in [9.17, 15) is 0 Å². The highest BCUT2D eigenvalue weighted by atomic mass is 16.5. The highest BCUT2D eigenvalue weighted by Gasteiger charge is 2.26. The van der Waals surface area contributed by atoms with Crippen LogP contribution in [-0.4, -0.2) is 27.9 Å². The Kier molecular flexibility index (Phi) is 3.58. The van der Waals surface area contributed by atoms with Crippen molar-refractivity contribution in [2.45, 2.75) is 32.9 Å². The molecule has 2 atom stereocenters. The van der Waals surface area contributed by atoms with Crippen LogP contribution in [0.15, 0.2) is 17.0 Å². The lowest BCUT2D eigenvalue weighted by molar-refractivity contribution is 0.180. The monoisotopic (exact) mass is 276 g/mol. The number of imidazole rings is 1. The molecule has 2 aromatic rings. The predicted molar refractivity (Wildman–Crippen MR) is 73.2 cm³/mol. The predicted octanol–water partition coefficient (Wildman–Crippen LogP) is 1.57. The minimum atomic E-state index is -0.0412. The zero-order valence-electron chi connectivity index (χ0n) is 11.9. The summed E-state index contributed by atoms with van der Waals surface area (Å²) in [6, 6.07) is -0.0412. The van der Waals surface area contributed by atoms with E-state index in [0.717, 1.165) is 42.3 Å². The zero-order chi connectivity index (χ0) is 14.1. The molecule has 0 spiro atoms. The highest BCUT2D eigenvalue weighted by Crippen LogP contribution is 2.27. The number of aryl methyl sites for hydroxylation is 2. The fraction of sp³-hybridized carbons (Fsp3) is 0.571. The number of aromatic nitrogens is 3. The molecule has 1 aliphatic rings. The normalized spacial score (nSPS) is 20.4. The Bertz CT molecular complexity index is 564. The summed E-state index contributed by atoms with van der Waals surface area (Å²) in [5.74, 6) is 1.22. The average Bonchev–Trinajstić information content (AvgIpc) is 3.15. The van der Waals surface area contributed by atoms with Gasteiger partial charge in [0, 0.05) is 24.3 Å². The van der Waals surface area contributed by atoms with Crippen LogP contribution in [0.25, 0.3) is 0 Å². The SMILES string of the molecule is Cc1noc(C)c1Cn1cncc1C(N)C1CCOC1. The van der Waals surface area contributed by atoms with Crippen molar-refractivity contribution in [1.82, 2.24) is 14.7 Å². The summed E-state index contributed by atoms with van der Waals surface area (Å²) in [4.78, 5) is 4.25. The maximum atomic E-state index is 6.37. The third kappa shape index (κ3) is 2.36. The Morgan fingerprint density at radius 2 is 2.35 bits per heavy atom. The molecule has 0 saturated carbocycles. The van der Waals surface area contributed by atoms with Gasteiger partial charge in [0.2, 0.25) is 0 Å². The lowest BCUT2D eigenvalue weighted by Gasteiger charge is -2.19. The van der Waals surface area contributed by atoms with Crippen molar-refractivity contribution in [1.29, 1.82) is 0 Å². The molecule has 0 bridgehead atoms. The van der Waals surface area contributed by atoms with Crippen LogP contribution < -0.4 is 5.73 Å². The standard InChI is InChI=1S/C14H20N4O2/c1-9-12(10(2)20-17-9)6-18-8-16-5-13(18)14(15)11-3-4-19-7-11/h5,8,11,14H,3-4,6-7,15H2,1-2H3. The van der Waals surface area contributed by atoms with Crippen molar-refractivity contribution in [3.63, 3.8) is 0 Å². The molecule has 3 heterocycles. The Hall–Kier alpha value is -1.66. The lowest BCUT2D eigenvalue weighted by atomic mass is 9.97. The first-order chi connectivity index (χ1) is 9.66. The third-order valence-electron chi connectivity index (χ3n) is 4.07. The second-order valence-corrected chi connectivity index (χ2v) is 5.40. The van der Waals surface area contributed by atoms with Crippen LogP contribution in [0.2, 0.25) is 0 Å². The van der Waals surface area contributed by atoms with Crippen LogP contribution in [0, 0.1) is 19.8 Å². The minimum Gasteiger partial charge on any atom is -0.381 e. The van der Waals surface area contributed by atoms with E-state index in [1.807, 2.05) is 26.4 Å². The number of hydrogen-bond donors (Lipinski definition) is 1. The van der Waals surface area contributed by atoms with E-state index >= 15 is 0 Å². The van der Waals surface area contributed by atoms with Crippen LogP contribution >= 0.6 is 0 Å². The molecule has 0 aliphatic carbocycles. The van der Waals surface area contributed by atoms with Crippen LogP contribution in [0.5, 0.6) is 0 Å². The van der Waals surface area contributed by atoms with Gasteiger partial charge >= 0.3 is 0 Å². The van der Waals surface area contributed by atoms with Crippen molar-refractivity contribution in [2.75, 3.05) is 13.2 Å². The van der Waals surface area contributed by atoms with E-state index in [-0.39, 0.29) is 6.04 Å². The average molecular weight is 276 g/mol. The molecule has 2 aromatic heterocycles. The van der Waals surface area contributed by atoms with Crippen LogP contribution in [-0.2, 0) is 11.3 Å². The maximum absolute atomic E-state index is 6.37. The van der Waals surface area contributed by atoms with Gasteiger partial charge in [-0.15, -0.1) is 0 Å². The first-order valence-electron chi connectivity index (χ1n) is 6.92. The number of nitrogens with two attached hydrogens (primary N) is 1. The number of rotatable bonds is 4. The van der Waals surface area contributed by atoms with Gasteiger partial charge in [-0.1, -0.05) is 5.16 Å². The van der Waals surface area contributed by atoms with Crippen molar-refractivity contribution >= 4 is 0 Å². The van der Waals surface area contributed by atoms with E-state index in [4.69, 9.17) is 15.0 Å². The fourth-order valence-corrected chi connectivity index (χ4v) is 2.72. The number of nitrogens with zero attached hydrogens (tertiary/aromatic N) is 3. The maximum Gasteiger partial charge on any atom is 0.138 e. The fourth-order valence-electron chi connectivity index (χ4n) is 2.72. The Morgan fingerprint density at radius 1 is 1.50 bits per heavy atom. The first-order valence-corrected chi connectivity index (χ1v) is 6.92. The third-order valence-corrected chi connectivity index (χ3v) is 4.07. The van der Waals surface area contributed by atoms with Crippen molar-refractivity contribution < 1.29 is 9.26 Å². The lowest BCUT2D eigenvalue weighted by Crippen LogP contribution is -2.24. The molecule has 6 nitrogen and oxygen atoms in total. The molecular weight excluding hydrogens is 256 g/mol. The molecule has 0 aromatic carbocycles. The highest BCUT2D eigenvalue weighted by molar-refractivity contribution is 5.22.